The zero-order valence-corrected chi connectivity index (χ0v) is 18.5. The maximum Gasteiger partial charge on any atom is 0.343 e. The molecule has 1 fully saturated rings. The number of nitrogens with zero attached hydrogens (tertiary/aromatic N) is 1. The van der Waals surface area contributed by atoms with Crippen LogP contribution in [0.3, 0.4) is 0 Å². The number of esters is 1. The van der Waals surface area contributed by atoms with Gasteiger partial charge in [-0.25, -0.2) is 4.79 Å². The van der Waals surface area contributed by atoms with Gasteiger partial charge < -0.3 is 25.4 Å². The van der Waals surface area contributed by atoms with Crippen molar-refractivity contribution in [1.29, 1.82) is 0 Å². The Morgan fingerprint density at radius 1 is 1.25 bits per heavy atom. The topological polar surface area (TPSA) is 93.9 Å². The molecule has 7 nitrogen and oxygen atoms in total. The minimum atomic E-state index is -0.425. The summed E-state index contributed by atoms with van der Waals surface area (Å²) in [5.74, 6) is 0.257. The number of hydrogen-bond acceptors (Lipinski definition) is 7. The number of primary amides is 1. The second-order valence-corrected chi connectivity index (χ2v) is 7.73. The molecule has 0 radical (unpaired) electrons. The van der Waals surface area contributed by atoms with E-state index in [0.717, 1.165) is 37.3 Å². The molecule has 1 aromatic carbocycles. The summed E-state index contributed by atoms with van der Waals surface area (Å²) in [6.45, 7) is 3.79. The van der Waals surface area contributed by atoms with E-state index >= 15 is 0 Å². The van der Waals surface area contributed by atoms with Crippen LogP contribution < -0.4 is 20.7 Å². The first kappa shape index (κ1) is 22.6. The van der Waals surface area contributed by atoms with E-state index in [1.807, 2.05) is 31.2 Å². The number of hydrogen-bond donors (Lipinski definition) is 2. The molecule has 2 aliphatic rings. The van der Waals surface area contributed by atoms with Gasteiger partial charge in [-0.15, -0.1) is 17.0 Å². The Hall–Kier alpha value is -1.71. The molecule has 154 valence electrons. The minimum Gasteiger partial charge on any atom is -0.482 e. The van der Waals surface area contributed by atoms with Crippen molar-refractivity contribution >= 4 is 46.3 Å². The number of rotatable bonds is 6. The van der Waals surface area contributed by atoms with E-state index in [1.54, 1.807) is 11.8 Å². The summed E-state index contributed by atoms with van der Waals surface area (Å²) in [5.41, 5.74) is 7.47. The molecule has 9 heteroatoms. The molecule has 3 rings (SSSR count). The van der Waals surface area contributed by atoms with Gasteiger partial charge in [0.1, 0.15) is 5.75 Å². The monoisotopic (exact) mass is 471 g/mol. The average Bonchev–Trinajstić information content (AvgIpc) is 3.04. The standard InChI is InChI=1S/C19H25N3O4S.BrH/c1-12-17(18(20)24)27-19(13-7-9-21-10-8-13)22(12)14-3-5-15(6-4-14)26-11-16(23)25-2;/h3-6,13,19,21H,7-11H2,1-2H3,(H2,20,24);1H. The fourth-order valence-corrected chi connectivity index (χ4v) is 4.95. The van der Waals surface area contributed by atoms with E-state index in [0.29, 0.717) is 16.6 Å². The molecule has 1 saturated heterocycles. The zero-order chi connectivity index (χ0) is 19.4. The number of methoxy groups -OCH3 is 1. The van der Waals surface area contributed by atoms with Crippen molar-refractivity contribution in [3.63, 3.8) is 0 Å². The van der Waals surface area contributed by atoms with Gasteiger partial charge in [-0.2, -0.15) is 0 Å². The first-order valence-corrected chi connectivity index (χ1v) is 9.86. The van der Waals surface area contributed by atoms with E-state index in [4.69, 9.17) is 10.5 Å². The van der Waals surface area contributed by atoms with Crippen molar-refractivity contribution < 1.29 is 19.1 Å². The van der Waals surface area contributed by atoms with Crippen LogP contribution in [0.4, 0.5) is 5.69 Å². The predicted octanol–water partition coefficient (Wildman–Crippen LogP) is 2.41. The van der Waals surface area contributed by atoms with Crippen molar-refractivity contribution in [2.24, 2.45) is 11.7 Å². The molecule has 0 aliphatic carbocycles. The predicted molar refractivity (Wildman–Crippen MR) is 116 cm³/mol. The third-order valence-corrected chi connectivity index (χ3v) is 6.46. The lowest BCUT2D eigenvalue weighted by Gasteiger charge is -2.35. The fraction of sp³-hybridized carbons (Fsp3) is 0.474. The normalized spacial score (nSPS) is 19.9. The van der Waals surface area contributed by atoms with Crippen LogP contribution in [-0.4, -0.2) is 44.1 Å². The van der Waals surface area contributed by atoms with Crippen LogP contribution in [0.1, 0.15) is 19.8 Å². The number of nitrogens with one attached hydrogen (secondary N) is 1. The zero-order valence-electron chi connectivity index (χ0n) is 16.0. The van der Waals surface area contributed by atoms with Crippen molar-refractivity contribution in [2.75, 3.05) is 31.7 Å². The van der Waals surface area contributed by atoms with Gasteiger partial charge in [0.25, 0.3) is 5.91 Å². The largest absolute Gasteiger partial charge is 0.482 e. The van der Waals surface area contributed by atoms with E-state index in [-0.39, 0.29) is 34.9 Å². The summed E-state index contributed by atoms with van der Waals surface area (Å²) in [6, 6.07) is 7.51. The third-order valence-electron chi connectivity index (χ3n) is 4.89. The number of amides is 1. The molecule has 1 aromatic rings. The van der Waals surface area contributed by atoms with Gasteiger partial charge in [0, 0.05) is 11.4 Å². The number of piperidine rings is 1. The van der Waals surface area contributed by atoms with Crippen LogP contribution in [0.5, 0.6) is 5.75 Å². The van der Waals surface area contributed by atoms with Crippen LogP contribution in [0.25, 0.3) is 0 Å². The lowest BCUT2D eigenvalue weighted by Crippen LogP contribution is -2.40. The number of halogens is 1. The lowest BCUT2D eigenvalue weighted by molar-refractivity contribution is -0.142. The summed E-state index contributed by atoms with van der Waals surface area (Å²) < 4.78 is 9.99. The number of benzene rings is 1. The van der Waals surface area contributed by atoms with Crippen molar-refractivity contribution in [3.8, 4) is 5.75 Å². The summed E-state index contributed by atoms with van der Waals surface area (Å²) in [4.78, 5) is 25.9. The number of allylic oxidation sites excluding steroid dienone is 1. The highest BCUT2D eigenvalue weighted by molar-refractivity contribution is 8.93. The van der Waals surface area contributed by atoms with Gasteiger partial charge in [-0.1, -0.05) is 11.8 Å². The van der Waals surface area contributed by atoms with Crippen molar-refractivity contribution in [2.45, 2.75) is 25.1 Å². The average molecular weight is 472 g/mol. The van der Waals surface area contributed by atoms with E-state index in [1.165, 1.54) is 7.11 Å². The Kier molecular flexibility index (Phi) is 8.21. The van der Waals surface area contributed by atoms with Crippen molar-refractivity contribution in [3.05, 3.63) is 34.9 Å². The van der Waals surface area contributed by atoms with Gasteiger partial charge >= 0.3 is 5.97 Å². The highest BCUT2D eigenvalue weighted by Crippen LogP contribution is 2.46. The molecule has 0 bridgehead atoms. The SMILES string of the molecule is Br.COC(=O)COc1ccc(N2C(C)=C(C(N)=O)SC2C2CCNCC2)cc1. The van der Waals surface area contributed by atoms with Crippen LogP contribution in [0.2, 0.25) is 0 Å². The molecular weight excluding hydrogens is 446 g/mol. The number of carbonyl (C=O) groups excluding carboxylic acids is 2. The van der Waals surface area contributed by atoms with Crippen LogP contribution in [0.15, 0.2) is 34.9 Å². The van der Waals surface area contributed by atoms with Gasteiger partial charge in [0.05, 0.1) is 17.4 Å². The number of ether oxygens (including phenoxy) is 2. The minimum absolute atomic E-state index is 0. The Balaban J connectivity index is 0.00000280. The highest BCUT2D eigenvalue weighted by Gasteiger charge is 2.38. The Bertz CT molecular complexity index is 735. The number of anilines is 1. The number of carbonyl (C=O) groups is 2. The van der Waals surface area contributed by atoms with Crippen molar-refractivity contribution in [1.82, 2.24) is 5.32 Å². The molecule has 3 N–H and O–H groups in total. The van der Waals surface area contributed by atoms with Gasteiger partial charge in [-0.05, 0) is 63.0 Å². The van der Waals surface area contributed by atoms with E-state index in [2.05, 4.69) is 15.0 Å². The summed E-state index contributed by atoms with van der Waals surface area (Å²) in [7, 11) is 1.33. The summed E-state index contributed by atoms with van der Waals surface area (Å²) in [5, 5.41) is 3.54. The van der Waals surface area contributed by atoms with E-state index < -0.39 is 5.97 Å². The molecule has 0 spiro atoms. The fourth-order valence-electron chi connectivity index (χ4n) is 3.48. The highest BCUT2D eigenvalue weighted by atomic mass is 79.9. The van der Waals surface area contributed by atoms with Gasteiger partial charge in [-0.3, -0.25) is 4.79 Å². The number of thioether (sulfide) groups is 1. The molecule has 0 aromatic heterocycles. The quantitative estimate of drug-likeness (QED) is 0.615. The van der Waals surface area contributed by atoms with Crippen LogP contribution >= 0.6 is 28.7 Å². The molecule has 2 aliphatic heterocycles. The maximum atomic E-state index is 11.9. The first-order chi connectivity index (χ1) is 13.0. The Morgan fingerprint density at radius 3 is 2.46 bits per heavy atom. The third kappa shape index (κ3) is 5.01. The van der Waals surface area contributed by atoms with E-state index in [9.17, 15) is 9.59 Å². The van der Waals surface area contributed by atoms with Crippen LogP contribution in [-0.2, 0) is 14.3 Å². The summed E-state index contributed by atoms with van der Waals surface area (Å²) in [6.07, 6.45) is 2.13. The molecule has 2 heterocycles. The molecular formula is C19H26BrN3O4S. The molecule has 1 amide bonds. The molecule has 1 atom stereocenters. The lowest BCUT2D eigenvalue weighted by atomic mass is 9.96. The second kappa shape index (κ2) is 10.2. The first-order valence-electron chi connectivity index (χ1n) is 8.98. The Morgan fingerprint density at radius 2 is 1.89 bits per heavy atom. The second-order valence-electron chi connectivity index (χ2n) is 6.60. The van der Waals surface area contributed by atoms with Gasteiger partial charge in [0.15, 0.2) is 6.61 Å². The molecule has 1 unspecified atom stereocenters. The number of nitrogens with two attached hydrogens (primary N) is 1. The smallest absolute Gasteiger partial charge is 0.343 e. The summed E-state index contributed by atoms with van der Waals surface area (Å²) >= 11 is 1.57. The molecule has 28 heavy (non-hydrogen) atoms. The molecule has 0 saturated carbocycles. The van der Waals surface area contributed by atoms with Crippen LogP contribution in [0, 0.1) is 5.92 Å². The maximum absolute atomic E-state index is 11.9. The van der Waals surface area contributed by atoms with Gasteiger partial charge in [0.2, 0.25) is 0 Å². The Labute approximate surface area is 179 Å².